The quantitative estimate of drug-likeness (QED) is 0.117. The van der Waals surface area contributed by atoms with Crippen molar-refractivity contribution in [2.24, 2.45) is 0 Å². The Morgan fingerprint density at radius 3 is 2.47 bits per heavy atom. The van der Waals surface area contributed by atoms with E-state index in [0.717, 1.165) is 46.6 Å². The molecule has 0 bridgehead atoms. The third-order valence-corrected chi connectivity index (χ3v) is 7.29. The van der Waals surface area contributed by atoms with E-state index in [0.29, 0.717) is 31.1 Å². The largest absolute Gasteiger partial charge is 0.573 e. The molecule has 0 saturated carbocycles. The molecule has 0 unspecified atom stereocenters. The molecular weight excluding hydrogens is 581 g/mol. The van der Waals surface area contributed by atoms with Crippen LogP contribution in [0.1, 0.15) is 24.0 Å². The summed E-state index contributed by atoms with van der Waals surface area (Å²) in [5, 5.41) is 10.2. The molecule has 9 nitrogen and oxygen atoms in total. The average molecular weight is 615 g/mol. The Kier molecular flexibility index (Phi) is 11.3. The van der Waals surface area contributed by atoms with Crippen LogP contribution >= 0.6 is 11.9 Å². The number of carbonyl (C=O) groups is 1. The zero-order chi connectivity index (χ0) is 30.7. The lowest BCUT2D eigenvalue weighted by Crippen LogP contribution is -2.38. The van der Waals surface area contributed by atoms with Gasteiger partial charge in [-0.1, -0.05) is 18.2 Å². The van der Waals surface area contributed by atoms with Gasteiger partial charge < -0.3 is 20.1 Å². The molecule has 4 aromatic rings. The van der Waals surface area contributed by atoms with E-state index < -0.39 is 6.36 Å². The van der Waals surface area contributed by atoms with Gasteiger partial charge in [-0.15, -0.1) is 18.3 Å². The summed E-state index contributed by atoms with van der Waals surface area (Å²) in [5.41, 5.74) is 3.62. The summed E-state index contributed by atoms with van der Waals surface area (Å²) in [6, 6.07) is 19.0. The van der Waals surface area contributed by atoms with E-state index >= 15 is 0 Å². The van der Waals surface area contributed by atoms with E-state index in [1.807, 2.05) is 49.4 Å². The molecule has 0 aliphatic rings. The lowest BCUT2D eigenvalue weighted by molar-refractivity contribution is -0.274. The number of alkyl halides is 3. The SMILES string of the molecule is COc1ccc(SNCCNC(=O)NCCCCc2cccc(-c3ncn(-c4ccc(OC(F)(F)F)cc4)n3)c2)c(C)c1. The number of urea groups is 1. The van der Waals surface area contributed by atoms with E-state index in [1.165, 1.54) is 47.2 Å². The lowest BCUT2D eigenvalue weighted by Gasteiger charge is -2.10. The Morgan fingerprint density at radius 1 is 0.953 bits per heavy atom. The minimum Gasteiger partial charge on any atom is -0.497 e. The van der Waals surface area contributed by atoms with Gasteiger partial charge in [0.2, 0.25) is 0 Å². The number of rotatable bonds is 14. The van der Waals surface area contributed by atoms with Crippen molar-refractivity contribution in [3.8, 4) is 28.6 Å². The van der Waals surface area contributed by atoms with Gasteiger partial charge in [0.05, 0.1) is 12.8 Å². The number of halogens is 3. The van der Waals surface area contributed by atoms with Crippen LogP contribution in [-0.2, 0) is 6.42 Å². The second kappa shape index (κ2) is 15.3. The van der Waals surface area contributed by atoms with Crippen molar-refractivity contribution < 1.29 is 27.4 Å². The van der Waals surface area contributed by atoms with Crippen LogP contribution in [0.4, 0.5) is 18.0 Å². The van der Waals surface area contributed by atoms with Crippen LogP contribution in [-0.4, -0.2) is 53.9 Å². The minimum absolute atomic E-state index is 0.196. The summed E-state index contributed by atoms with van der Waals surface area (Å²) in [7, 11) is 1.64. The summed E-state index contributed by atoms with van der Waals surface area (Å²) >= 11 is 1.52. The number of aromatic nitrogens is 3. The number of aryl methyl sites for hydroxylation is 2. The highest BCUT2D eigenvalue weighted by Crippen LogP contribution is 2.25. The zero-order valence-electron chi connectivity index (χ0n) is 23.8. The van der Waals surface area contributed by atoms with E-state index in [2.05, 4.69) is 30.2 Å². The molecule has 13 heteroatoms. The topological polar surface area (TPSA) is 102 Å². The van der Waals surface area contributed by atoms with Crippen LogP contribution in [0.3, 0.4) is 0 Å². The normalized spacial score (nSPS) is 11.3. The van der Waals surface area contributed by atoms with Crippen molar-refractivity contribution in [3.63, 3.8) is 0 Å². The van der Waals surface area contributed by atoms with Gasteiger partial charge in [-0.05, 0) is 97.8 Å². The molecule has 1 aromatic heterocycles. The summed E-state index contributed by atoms with van der Waals surface area (Å²) in [6.45, 7) is 3.71. The van der Waals surface area contributed by atoms with E-state index in [-0.39, 0.29) is 11.8 Å². The molecular formula is C30H33F3N6O3S. The highest BCUT2D eigenvalue weighted by Gasteiger charge is 2.31. The van der Waals surface area contributed by atoms with Gasteiger partial charge in [0.15, 0.2) is 5.82 Å². The Balaban J connectivity index is 1.13. The Bertz CT molecular complexity index is 1480. The molecule has 4 rings (SSSR count). The molecule has 3 N–H and O–H groups in total. The Hall–Kier alpha value is -4.23. The van der Waals surface area contributed by atoms with Crippen molar-refractivity contribution in [3.05, 3.63) is 84.2 Å². The second-order valence-electron chi connectivity index (χ2n) is 9.52. The standard InChI is InChI=1S/C30H33F3N6O3S/c1-21-18-26(41-2)13-14-27(21)43-37-17-16-35-29(40)34-15-4-3-6-22-7-5-8-23(19-22)28-36-20-39(38-28)24-9-11-25(12-10-24)42-30(31,32)33/h5,7-14,18-20,37H,3-4,6,15-17H2,1-2H3,(H2,34,35,40). The van der Waals surface area contributed by atoms with Gasteiger partial charge >= 0.3 is 12.4 Å². The van der Waals surface area contributed by atoms with E-state index in [9.17, 15) is 18.0 Å². The maximum absolute atomic E-state index is 12.4. The first kappa shape index (κ1) is 31.7. The monoisotopic (exact) mass is 614 g/mol. The molecule has 0 radical (unpaired) electrons. The number of benzene rings is 3. The number of nitrogens with zero attached hydrogens (tertiary/aromatic N) is 3. The van der Waals surface area contributed by atoms with Crippen molar-refractivity contribution in [2.45, 2.75) is 37.4 Å². The smallest absolute Gasteiger partial charge is 0.497 e. The number of nitrogens with one attached hydrogen (secondary N) is 3. The third kappa shape index (κ3) is 10.2. The first-order chi connectivity index (χ1) is 20.7. The number of methoxy groups -OCH3 is 1. The molecule has 2 amide bonds. The maximum Gasteiger partial charge on any atom is 0.573 e. The fourth-order valence-corrected chi connectivity index (χ4v) is 4.84. The number of unbranched alkanes of at least 4 members (excludes halogenated alkanes) is 1. The zero-order valence-corrected chi connectivity index (χ0v) is 24.6. The Labute approximate surface area is 252 Å². The third-order valence-electron chi connectivity index (χ3n) is 6.27. The van der Waals surface area contributed by atoms with Crippen molar-refractivity contribution in [1.82, 2.24) is 30.1 Å². The van der Waals surface area contributed by atoms with Crippen LogP contribution in [0.15, 0.2) is 78.0 Å². The lowest BCUT2D eigenvalue weighted by atomic mass is 10.0. The predicted octanol–water partition coefficient (Wildman–Crippen LogP) is 6.07. The fourth-order valence-electron chi connectivity index (χ4n) is 4.12. The number of hydrogen-bond acceptors (Lipinski definition) is 7. The second-order valence-corrected chi connectivity index (χ2v) is 10.5. The first-order valence-corrected chi connectivity index (χ1v) is 14.4. The van der Waals surface area contributed by atoms with Crippen LogP contribution in [0.2, 0.25) is 0 Å². The molecule has 0 spiro atoms. The van der Waals surface area contributed by atoms with Crippen LogP contribution in [0.5, 0.6) is 11.5 Å². The maximum atomic E-state index is 12.4. The van der Waals surface area contributed by atoms with Gasteiger partial charge in [0.25, 0.3) is 0 Å². The van der Waals surface area contributed by atoms with Crippen LogP contribution < -0.4 is 24.8 Å². The highest BCUT2D eigenvalue weighted by molar-refractivity contribution is 7.97. The number of hydrogen-bond donors (Lipinski definition) is 3. The fraction of sp³-hybridized carbons (Fsp3) is 0.300. The predicted molar refractivity (Wildman–Crippen MR) is 159 cm³/mol. The van der Waals surface area contributed by atoms with Crippen molar-refractivity contribution >= 4 is 18.0 Å². The number of amides is 2. The van der Waals surface area contributed by atoms with Gasteiger partial charge in [0, 0.05) is 30.1 Å². The molecule has 0 fully saturated rings. The molecule has 43 heavy (non-hydrogen) atoms. The Morgan fingerprint density at radius 2 is 1.72 bits per heavy atom. The van der Waals surface area contributed by atoms with E-state index in [4.69, 9.17) is 4.74 Å². The molecule has 228 valence electrons. The van der Waals surface area contributed by atoms with Gasteiger partial charge in [-0.25, -0.2) is 14.5 Å². The van der Waals surface area contributed by atoms with Gasteiger partial charge in [-0.2, -0.15) is 0 Å². The first-order valence-electron chi connectivity index (χ1n) is 13.6. The summed E-state index contributed by atoms with van der Waals surface area (Å²) in [4.78, 5) is 17.5. The summed E-state index contributed by atoms with van der Waals surface area (Å²) < 4.78 is 51.0. The molecule has 0 atom stereocenters. The molecule has 0 aliphatic carbocycles. The van der Waals surface area contributed by atoms with Crippen molar-refractivity contribution in [2.75, 3.05) is 26.7 Å². The summed E-state index contributed by atoms with van der Waals surface area (Å²) in [6.07, 6.45) is -0.700. The average Bonchev–Trinajstić information content (AvgIpc) is 3.48. The highest BCUT2D eigenvalue weighted by atomic mass is 32.2. The molecule has 1 heterocycles. The van der Waals surface area contributed by atoms with Crippen LogP contribution in [0, 0.1) is 6.92 Å². The molecule has 0 aliphatic heterocycles. The minimum atomic E-state index is -4.74. The van der Waals surface area contributed by atoms with Gasteiger partial charge in [-0.3, -0.25) is 4.72 Å². The molecule has 3 aromatic carbocycles. The van der Waals surface area contributed by atoms with E-state index in [1.54, 1.807) is 7.11 Å². The molecule has 0 saturated heterocycles. The van der Waals surface area contributed by atoms with Gasteiger partial charge in [0.1, 0.15) is 17.8 Å². The number of carbonyl (C=O) groups excluding carboxylic acids is 1. The summed E-state index contributed by atoms with van der Waals surface area (Å²) in [5.74, 6) is 1.02. The number of ether oxygens (including phenoxy) is 2. The van der Waals surface area contributed by atoms with Crippen LogP contribution in [0.25, 0.3) is 17.1 Å². The van der Waals surface area contributed by atoms with Crippen molar-refractivity contribution in [1.29, 1.82) is 0 Å².